The first-order valence-corrected chi connectivity index (χ1v) is 12.6. The smallest absolute Gasteiger partial charge is 0.278 e. The van der Waals surface area contributed by atoms with E-state index in [-0.39, 0.29) is 17.7 Å². The molecule has 1 atom stereocenters. The van der Waals surface area contributed by atoms with Crippen molar-refractivity contribution in [3.63, 3.8) is 0 Å². The van der Waals surface area contributed by atoms with Crippen LogP contribution in [0.1, 0.15) is 32.3 Å². The van der Waals surface area contributed by atoms with E-state index in [0.717, 1.165) is 60.2 Å². The van der Waals surface area contributed by atoms with Crippen LogP contribution in [0.25, 0.3) is 10.8 Å². The van der Waals surface area contributed by atoms with E-state index in [1.807, 2.05) is 78.2 Å². The second kappa shape index (κ2) is 10.0. The Morgan fingerprint density at radius 3 is 2.54 bits per heavy atom. The van der Waals surface area contributed by atoms with E-state index in [2.05, 4.69) is 17.0 Å². The summed E-state index contributed by atoms with van der Waals surface area (Å²) in [4.78, 5) is 37.3. The Labute approximate surface area is 206 Å². The van der Waals surface area contributed by atoms with Crippen LogP contribution in [0.4, 0.5) is 11.4 Å². The van der Waals surface area contributed by atoms with E-state index in [1.54, 1.807) is 0 Å². The SMILES string of the molecule is CCN(CC)C(=O)[C@H]1CCCN(CN2C(=O)C(=Nc3ccc4ccccc4c3)c3ccccc32)C1. The van der Waals surface area contributed by atoms with E-state index in [4.69, 9.17) is 4.99 Å². The van der Waals surface area contributed by atoms with E-state index in [1.165, 1.54) is 0 Å². The highest BCUT2D eigenvalue weighted by molar-refractivity contribution is 6.54. The molecule has 6 nitrogen and oxygen atoms in total. The lowest BCUT2D eigenvalue weighted by molar-refractivity contribution is -0.136. The number of fused-ring (bicyclic) bond motifs is 2. The minimum absolute atomic E-state index is 0.0117. The molecule has 0 saturated carbocycles. The topological polar surface area (TPSA) is 56.2 Å². The fourth-order valence-corrected chi connectivity index (χ4v) is 5.26. The first-order valence-electron chi connectivity index (χ1n) is 12.6. The lowest BCUT2D eigenvalue weighted by Gasteiger charge is -2.36. The highest BCUT2D eigenvalue weighted by atomic mass is 16.2. The lowest BCUT2D eigenvalue weighted by atomic mass is 9.96. The second-order valence-corrected chi connectivity index (χ2v) is 9.31. The zero-order valence-corrected chi connectivity index (χ0v) is 20.5. The predicted octanol–water partition coefficient (Wildman–Crippen LogP) is 4.85. The average molecular weight is 469 g/mol. The Hall–Kier alpha value is -3.51. The summed E-state index contributed by atoms with van der Waals surface area (Å²) in [5.74, 6) is 0.130. The maximum atomic E-state index is 13.6. The summed E-state index contributed by atoms with van der Waals surface area (Å²) in [6.07, 6.45) is 1.87. The van der Waals surface area contributed by atoms with Crippen LogP contribution < -0.4 is 4.90 Å². The number of aliphatic imine (C=N–C) groups is 1. The van der Waals surface area contributed by atoms with Crippen molar-refractivity contribution in [3.8, 4) is 0 Å². The third kappa shape index (κ3) is 4.58. The van der Waals surface area contributed by atoms with Gasteiger partial charge in [-0.3, -0.25) is 19.4 Å². The van der Waals surface area contributed by atoms with Gasteiger partial charge >= 0.3 is 0 Å². The van der Waals surface area contributed by atoms with Gasteiger partial charge in [-0.25, -0.2) is 4.99 Å². The molecule has 1 saturated heterocycles. The Balaban J connectivity index is 1.39. The van der Waals surface area contributed by atoms with Crippen LogP contribution in [-0.4, -0.2) is 60.2 Å². The normalized spacial score (nSPS) is 19.4. The highest BCUT2D eigenvalue weighted by Crippen LogP contribution is 2.32. The zero-order chi connectivity index (χ0) is 24.4. The first-order chi connectivity index (χ1) is 17.1. The number of likely N-dealkylation sites (tertiary alicyclic amines) is 1. The molecule has 3 aromatic rings. The van der Waals surface area contributed by atoms with Crippen molar-refractivity contribution in [3.05, 3.63) is 72.3 Å². The first kappa shape index (κ1) is 23.2. The van der Waals surface area contributed by atoms with Crippen LogP contribution in [0.3, 0.4) is 0 Å². The number of anilines is 1. The second-order valence-electron chi connectivity index (χ2n) is 9.31. The molecule has 0 aliphatic carbocycles. The molecule has 0 aromatic heterocycles. The molecule has 0 spiro atoms. The standard InChI is InChI=1S/C29H32N4O2/c1-3-32(4-2)28(34)23-12-9-17-31(19-23)20-33-26-14-8-7-13-25(26)27(29(33)35)30-24-16-15-21-10-5-6-11-22(21)18-24/h5-8,10-11,13-16,18,23H,3-4,9,12,17,19-20H2,1-2H3/t23-/m0/s1. The molecule has 2 aliphatic heterocycles. The third-order valence-electron chi connectivity index (χ3n) is 7.14. The maximum Gasteiger partial charge on any atom is 0.278 e. The van der Waals surface area contributed by atoms with Crippen LogP contribution in [0.2, 0.25) is 0 Å². The van der Waals surface area contributed by atoms with Crippen LogP contribution in [0.15, 0.2) is 71.7 Å². The number of carbonyl (C=O) groups excluding carboxylic acids is 2. The number of para-hydroxylation sites is 1. The Morgan fingerprint density at radius 1 is 1.00 bits per heavy atom. The van der Waals surface area contributed by atoms with Crippen LogP contribution >= 0.6 is 0 Å². The summed E-state index contributed by atoms with van der Waals surface area (Å²) in [6.45, 7) is 7.55. The number of piperidine rings is 1. The van der Waals surface area contributed by atoms with Gasteiger partial charge in [-0.1, -0.05) is 48.5 Å². The molecule has 180 valence electrons. The fourth-order valence-electron chi connectivity index (χ4n) is 5.26. The van der Waals surface area contributed by atoms with Gasteiger partial charge < -0.3 is 4.90 Å². The molecule has 2 aliphatic rings. The summed E-state index contributed by atoms with van der Waals surface area (Å²) >= 11 is 0. The van der Waals surface area contributed by atoms with Gasteiger partial charge in [0.2, 0.25) is 5.91 Å². The van der Waals surface area contributed by atoms with Gasteiger partial charge in [0.15, 0.2) is 0 Å². The van der Waals surface area contributed by atoms with Crippen molar-refractivity contribution in [2.45, 2.75) is 26.7 Å². The molecule has 0 unspecified atom stereocenters. The maximum absolute atomic E-state index is 13.6. The molecule has 0 N–H and O–H groups in total. The minimum Gasteiger partial charge on any atom is -0.343 e. The largest absolute Gasteiger partial charge is 0.343 e. The van der Waals surface area contributed by atoms with Gasteiger partial charge in [-0.15, -0.1) is 0 Å². The number of carbonyl (C=O) groups is 2. The predicted molar refractivity (Wildman–Crippen MR) is 141 cm³/mol. The Kier molecular flexibility index (Phi) is 6.64. The quantitative estimate of drug-likeness (QED) is 0.520. The van der Waals surface area contributed by atoms with Crippen molar-refractivity contribution in [2.75, 3.05) is 37.7 Å². The summed E-state index contributed by atoms with van der Waals surface area (Å²) in [7, 11) is 0. The molecule has 1 fully saturated rings. The molecule has 0 radical (unpaired) electrons. The van der Waals surface area contributed by atoms with Gasteiger partial charge in [-0.05, 0) is 62.2 Å². The molecular formula is C29H32N4O2. The van der Waals surface area contributed by atoms with Gasteiger partial charge in [0.25, 0.3) is 5.91 Å². The van der Waals surface area contributed by atoms with Gasteiger partial charge in [0.1, 0.15) is 5.71 Å². The van der Waals surface area contributed by atoms with Crippen LogP contribution in [0, 0.1) is 5.92 Å². The molecule has 0 bridgehead atoms. The van der Waals surface area contributed by atoms with Crippen LogP contribution in [0.5, 0.6) is 0 Å². The van der Waals surface area contributed by atoms with E-state index < -0.39 is 0 Å². The monoisotopic (exact) mass is 468 g/mol. The van der Waals surface area contributed by atoms with Gasteiger partial charge in [0, 0.05) is 25.2 Å². The lowest BCUT2D eigenvalue weighted by Crippen LogP contribution is -2.49. The van der Waals surface area contributed by atoms with E-state index in [0.29, 0.717) is 18.9 Å². The average Bonchev–Trinajstić information content (AvgIpc) is 3.15. The number of hydrogen-bond donors (Lipinski definition) is 0. The number of hydrogen-bond acceptors (Lipinski definition) is 4. The molecular weight excluding hydrogens is 436 g/mol. The molecule has 6 heteroatoms. The Bertz CT molecular complexity index is 1280. The van der Waals surface area contributed by atoms with Gasteiger partial charge in [0.05, 0.1) is 24.0 Å². The zero-order valence-electron chi connectivity index (χ0n) is 20.5. The van der Waals surface area contributed by atoms with Crippen molar-refractivity contribution in [1.82, 2.24) is 9.80 Å². The number of amides is 2. The van der Waals surface area contributed by atoms with Gasteiger partial charge in [-0.2, -0.15) is 0 Å². The molecule has 5 rings (SSSR count). The van der Waals surface area contributed by atoms with E-state index in [9.17, 15) is 9.59 Å². The summed E-state index contributed by atoms with van der Waals surface area (Å²) in [5, 5.41) is 2.25. The van der Waals surface area contributed by atoms with Crippen molar-refractivity contribution < 1.29 is 9.59 Å². The number of benzene rings is 3. The summed E-state index contributed by atoms with van der Waals surface area (Å²) < 4.78 is 0. The molecule has 2 amide bonds. The number of nitrogens with zero attached hydrogens (tertiary/aromatic N) is 4. The molecule has 3 aromatic carbocycles. The summed E-state index contributed by atoms with van der Waals surface area (Å²) in [5.41, 5.74) is 2.99. The molecule has 2 heterocycles. The van der Waals surface area contributed by atoms with Crippen molar-refractivity contribution in [2.24, 2.45) is 10.9 Å². The minimum atomic E-state index is -0.0865. The summed E-state index contributed by atoms with van der Waals surface area (Å²) in [6, 6.07) is 22.0. The van der Waals surface area contributed by atoms with Crippen LogP contribution in [-0.2, 0) is 9.59 Å². The van der Waals surface area contributed by atoms with Crippen molar-refractivity contribution in [1.29, 1.82) is 0 Å². The third-order valence-corrected chi connectivity index (χ3v) is 7.14. The Morgan fingerprint density at radius 2 is 1.74 bits per heavy atom. The molecule has 35 heavy (non-hydrogen) atoms. The highest BCUT2D eigenvalue weighted by Gasteiger charge is 2.36. The fraction of sp³-hybridized carbons (Fsp3) is 0.345. The van der Waals surface area contributed by atoms with E-state index >= 15 is 0 Å². The van der Waals surface area contributed by atoms with Crippen molar-refractivity contribution >= 4 is 39.7 Å². The number of rotatable bonds is 6.